The van der Waals surface area contributed by atoms with E-state index in [1.165, 1.54) is 13.3 Å². The van der Waals surface area contributed by atoms with Crippen molar-refractivity contribution in [2.24, 2.45) is 5.16 Å². The summed E-state index contributed by atoms with van der Waals surface area (Å²) in [6, 6.07) is 1.77. The summed E-state index contributed by atoms with van der Waals surface area (Å²) in [4.78, 5) is 4.44. The van der Waals surface area contributed by atoms with Crippen LogP contribution in [-0.4, -0.2) is 18.5 Å². The fourth-order valence-corrected chi connectivity index (χ4v) is 0.553. The van der Waals surface area contributed by atoms with Gasteiger partial charge in [-0.25, -0.2) is 0 Å². The van der Waals surface area contributed by atoms with Crippen LogP contribution < -0.4 is 0 Å². The van der Waals surface area contributed by atoms with Crippen molar-refractivity contribution in [2.75, 3.05) is 7.11 Å². The van der Waals surface area contributed by atoms with Gasteiger partial charge in [0.05, 0.1) is 6.21 Å². The van der Waals surface area contributed by atoms with Gasteiger partial charge in [-0.05, 0) is 6.92 Å². The third-order valence-electron chi connectivity index (χ3n) is 0.937. The van der Waals surface area contributed by atoms with Gasteiger partial charge in [-0.3, -0.25) is 0 Å². The summed E-state index contributed by atoms with van der Waals surface area (Å²) in [6.07, 6.45) is 1.48. The first-order valence-electron chi connectivity index (χ1n) is 2.83. The lowest BCUT2D eigenvalue weighted by atomic mass is 10.4. The van der Waals surface area contributed by atoms with E-state index >= 15 is 0 Å². The van der Waals surface area contributed by atoms with Crippen LogP contribution in [0.2, 0.25) is 0 Å². The molecule has 1 rings (SSSR count). The zero-order valence-electron chi connectivity index (χ0n) is 5.87. The van der Waals surface area contributed by atoms with Crippen LogP contribution in [0.1, 0.15) is 11.5 Å². The van der Waals surface area contributed by atoms with Crippen LogP contribution in [0.15, 0.2) is 15.7 Å². The predicted octanol–water partition coefficient (Wildman–Crippen LogP) is 0.963. The molecule has 1 aromatic heterocycles. The molecule has 0 bridgehead atoms. The monoisotopic (exact) mass is 140 g/mol. The second kappa shape index (κ2) is 3.00. The summed E-state index contributed by atoms with van der Waals surface area (Å²) >= 11 is 0. The maximum Gasteiger partial charge on any atom is 0.134 e. The molecule has 4 nitrogen and oxygen atoms in total. The Labute approximate surface area is 58.5 Å². The molecule has 0 atom stereocenters. The first-order valence-corrected chi connectivity index (χ1v) is 2.83. The van der Waals surface area contributed by atoms with E-state index in [4.69, 9.17) is 4.52 Å². The maximum atomic E-state index is 4.76. The van der Waals surface area contributed by atoms with Crippen molar-refractivity contribution >= 4 is 6.21 Å². The molecule has 0 amide bonds. The van der Waals surface area contributed by atoms with Crippen LogP contribution in [-0.2, 0) is 4.84 Å². The average Bonchev–Trinajstić information content (AvgIpc) is 2.31. The fourth-order valence-electron chi connectivity index (χ4n) is 0.553. The summed E-state index contributed by atoms with van der Waals surface area (Å²) in [7, 11) is 1.48. The molecule has 0 saturated heterocycles. The quantitative estimate of drug-likeness (QED) is 0.454. The first-order chi connectivity index (χ1) is 4.83. The Kier molecular flexibility index (Phi) is 2.04. The standard InChI is InChI=1S/C6H8N2O2/c1-5-3-6(8-10-5)4-7-9-2/h3-4H,1-2H3. The van der Waals surface area contributed by atoms with Gasteiger partial charge in [-0.2, -0.15) is 0 Å². The molecule has 1 heterocycles. The van der Waals surface area contributed by atoms with Gasteiger partial charge in [-0.15, -0.1) is 0 Å². The Bertz CT molecular complexity index is 229. The van der Waals surface area contributed by atoms with Gasteiger partial charge in [0.25, 0.3) is 0 Å². The minimum atomic E-state index is 0.666. The summed E-state index contributed by atoms with van der Waals surface area (Å²) in [5, 5.41) is 7.16. The molecule has 0 saturated carbocycles. The van der Waals surface area contributed by atoms with E-state index in [2.05, 4.69) is 15.1 Å². The largest absolute Gasteiger partial charge is 0.399 e. The number of rotatable bonds is 2. The van der Waals surface area contributed by atoms with Crippen LogP contribution in [0.3, 0.4) is 0 Å². The Balaban J connectivity index is 2.67. The van der Waals surface area contributed by atoms with E-state index in [0.717, 1.165) is 5.76 Å². The topological polar surface area (TPSA) is 47.6 Å². The van der Waals surface area contributed by atoms with Gasteiger partial charge in [0, 0.05) is 6.07 Å². The summed E-state index contributed by atoms with van der Waals surface area (Å²) in [6.45, 7) is 1.82. The van der Waals surface area contributed by atoms with Gasteiger partial charge in [0.2, 0.25) is 0 Å². The highest BCUT2D eigenvalue weighted by molar-refractivity contribution is 5.76. The third-order valence-corrected chi connectivity index (χ3v) is 0.937. The molecule has 0 fully saturated rings. The molecule has 54 valence electrons. The predicted molar refractivity (Wildman–Crippen MR) is 35.8 cm³/mol. The molecular weight excluding hydrogens is 132 g/mol. The molecule has 0 aliphatic heterocycles. The van der Waals surface area contributed by atoms with E-state index in [9.17, 15) is 0 Å². The van der Waals surface area contributed by atoms with Crippen molar-refractivity contribution < 1.29 is 9.36 Å². The summed E-state index contributed by atoms with van der Waals surface area (Å²) in [5.41, 5.74) is 0.666. The molecule has 0 aliphatic rings. The second-order valence-corrected chi connectivity index (χ2v) is 1.78. The lowest BCUT2D eigenvalue weighted by molar-refractivity contribution is 0.215. The van der Waals surface area contributed by atoms with Crippen molar-refractivity contribution in [2.45, 2.75) is 6.92 Å². The molecule has 0 spiro atoms. The summed E-state index contributed by atoms with van der Waals surface area (Å²) < 4.78 is 4.76. The van der Waals surface area contributed by atoms with E-state index in [1.54, 1.807) is 6.07 Å². The SMILES string of the molecule is CON=Cc1cc(C)on1. The van der Waals surface area contributed by atoms with Crippen LogP contribution in [0.4, 0.5) is 0 Å². The molecule has 4 heteroatoms. The highest BCUT2D eigenvalue weighted by atomic mass is 16.6. The molecule has 0 aromatic carbocycles. The highest BCUT2D eigenvalue weighted by Gasteiger charge is 1.94. The lowest BCUT2D eigenvalue weighted by Crippen LogP contribution is -1.79. The second-order valence-electron chi connectivity index (χ2n) is 1.78. The third kappa shape index (κ3) is 1.58. The van der Waals surface area contributed by atoms with Gasteiger partial charge in [0.15, 0.2) is 0 Å². The molecule has 10 heavy (non-hydrogen) atoms. The van der Waals surface area contributed by atoms with Gasteiger partial charge in [-0.1, -0.05) is 10.3 Å². The number of oxime groups is 1. The number of aryl methyl sites for hydroxylation is 1. The number of hydrogen-bond acceptors (Lipinski definition) is 4. The summed E-state index contributed by atoms with van der Waals surface area (Å²) in [5.74, 6) is 0.762. The molecule has 0 N–H and O–H groups in total. The first kappa shape index (κ1) is 6.80. The van der Waals surface area contributed by atoms with Crippen molar-refractivity contribution in [3.8, 4) is 0 Å². The van der Waals surface area contributed by atoms with Gasteiger partial charge in [0.1, 0.15) is 18.6 Å². The Morgan fingerprint density at radius 1 is 1.80 bits per heavy atom. The van der Waals surface area contributed by atoms with Gasteiger partial charge < -0.3 is 9.36 Å². The van der Waals surface area contributed by atoms with Crippen molar-refractivity contribution in [3.05, 3.63) is 17.5 Å². The number of nitrogens with zero attached hydrogens (tertiary/aromatic N) is 2. The Hall–Kier alpha value is -1.32. The van der Waals surface area contributed by atoms with Gasteiger partial charge >= 0.3 is 0 Å². The van der Waals surface area contributed by atoms with Crippen LogP contribution in [0.5, 0.6) is 0 Å². The minimum Gasteiger partial charge on any atom is -0.399 e. The molecule has 0 unspecified atom stereocenters. The Morgan fingerprint density at radius 2 is 2.60 bits per heavy atom. The molecule has 0 aliphatic carbocycles. The fraction of sp³-hybridized carbons (Fsp3) is 0.333. The highest BCUT2D eigenvalue weighted by Crippen LogP contribution is 1.97. The molecule has 0 radical (unpaired) electrons. The van der Waals surface area contributed by atoms with E-state index < -0.39 is 0 Å². The molecule has 1 aromatic rings. The van der Waals surface area contributed by atoms with Crippen molar-refractivity contribution in [3.63, 3.8) is 0 Å². The smallest absolute Gasteiger partial charge is 0.134 e. The maximum absolute atomic E-state index is 4.76. The lowest BCUT2D eigenvalue weighted by Gasteiger charge is -1.79. The zero-order valence-corrected chi connectivity index (χ0v) is 5.87. The van der Waals surface area contributed by atoms with Crippen molar-refractivity contribution in [1.82, 2.24) is 5.16 Å². The Morgan fingerprint density at radius 3 is 3.10 bits per heavy atom. The van der Waals surface area contributed by atoms with Crippen molar-refractivity contribution in [1.29, 1.82) is 0 Å². The zero-order chi connectivity index (χ0) is 7.40. The molecular formula is C6H8N2O2. The normalized spacial score (nSPS) is 10.6. The number of hydrogen-bond donors (Lipinski definition) is 0. The average molecular weight is 140 g/mol. The van der Waals surface area contributed by atoms with E-state index in [1.807, 2.05) is 6.92 Å². The number of aromatic nitrogens is 1. The van der Waals surface area contributed by atoms with Crippen LogP contribution >= 0.6 is 0 Å². The van der Waals surface area contributed by atoms with Crippen LogP contribution in [0.25, 0.3) is 0 Å². The van der Waals surface area contributed by atoms with E-state index in [-0.39, 0.29) is 0 Å². The van der Waals surface area contributed by atoms with Crippen LogP contribution in [0, 0.1) is 6.92 Å². The van der Waals surface area contributed by atoms with E-state index in [0.29, 0.717) is 5.69 Å². The minimum absolute atomic E-state index is 0.666.